The van der Waals surface area contributed by atoms with Gasteiger partial charge in [-0.05, 0) is 30.6 Å². The Kier molecular flexibility index (Phi) is 3.26. The van der Waals surface area contributed by atoms with Crippen molar-refractivity contribution >= 4 is 22.2 Å². The molecule has 0 aromatic carbocycles. The van der Waals surface area contributed by atoms with E-state index in [2.05, 4.69) is 20.6 Å². The average Bonchev–Trinajstić information content (AvgIpc) is 2.71. The van der Waals surface area contributed by atoms with Gasteiger partial charge in [0.25, 0.3) is 0 Å². The van der Waals surface area contributed by atoms with E-state index in [9.17, 15) is 0 Å². The number of rotatable bonds is 4. The SMILES string of the molecule is CNCc1nccc(Nc2cccs2)n1. The molecule has 0 aliphatic rings. The van der Waals surface area contributed by atoms with E-state index in [4.69, 9.17) is 0 Å². The summed E-state index contributed by atoms with van der Waals surface area (Å²) in [5.41, 5.74) is 0. The Labute approximate surface area is 92.4 Å². The molecule has 15 heavy (non-hydrogen) atoms. The quantitative estimate of drug-likeness (QED) is 0.827. The number of thiophene rings is 1. The summed E-state index contributed by atoms with van der Waals surface area (Å²) in [6.45, 7) is 0.681. The second kappa shape index (κ2) is 4.86. The second-order valence-electron chi connectivity index (χ2n) is 2.99. The zero-order valence-electron chi connectivity index (χ0n) is 8.40. The normalized spacial score (nSPS) is 10.2. The lowest BCUT2D eigenvalue weighted by atomic mass is 10.5. The van der Waals surface area contributed by atoms with Crippen LogP contribution in [0.1, 0.15) is 5.82 Å². The highest BCUT2D eigenvalue weighted by Crippen LogP contribution is 2.19. The first kappa shape index (κ1) is 10.1. The van der Waals surface area contributed by atoms with E-state index in [-0.39, 0.29) is 0 Å². The van der Waals surface area contributed by atoms with Crippen molar-refractivity contribution in [1.82, 2.24) is 15.3 Å². The van der Waals surface area contributed by atoms with Crippen molar-refractivity contribution in [2.24, 2.45) is 0 Å². The zero-order valence-corrected chi connectivity index (χ0v) is 9.21. The van der Waals surface area contributed by atoms with Crippen molar-refractivity contribution < 1.29 is 0 Å². The summed E-state index contributed by atoms with van der Waals surface area (Å²) < 4.78 is 0. The smallest absolute Gasteiger partial charge is 0.144 e. The molecule has 0 fully saturated rings. The fraction of sp³-hybridized carbons (Fsp3) is 0.200. The Balaban J connectivity index is 2.11. The molecule has 2 aromatic rings. The number of hydrogen-bond donors (Lipinski definition) is 2. The first-order chi connectivity index (χ1) is 7.38. The van der Waals surface area contributed by atoms with Crippen LogP contribution in [-0.2, 0) is 6.54 Å². The highest BCUT2D eigenvalue weighted by Gasteiger charge is 1.99. The predicted molar refractivity (Wildman–Crippen MR) is 62.4 cm³/mol. The first-order valence-corrected chi connectivity index (χ1v) is 5.53. The fourth-order valence-electron chi connectivity index (χ4n) is 1.19. The summed E-state index contributed by atoms with van der Waals surface area (Å²) in [4.78, 5) is 8.51. The number of anilines is 2. The Morgan fingerprint density at radius 3 is 3.07 bits per heavy atom. The van der Waals surface area contributed by atoms with Crippen LogP contribution < -0.4 is 10.6 Å². The molecule has 78 valence electrons. The van der Waals surface area contributed by atoms with Gasteiger partial charge in [-0.15, -0.1) is 11.3 Å². The van der Waals surface area contributed by atoms with E-state index >= 15 is 0 Å². The maximum Gasteiger partial charge on any atom is 0.144 e. The van der Waals surface area contributed by atoms with Gasteiger partial charge in [0, 0.05) is 6.20 Å². The van der Waals surface area contributed by atoms with E-state index in [1.54, 1.807) is 17.5 Å². The van der Waals surface area contributed by atoms with Crippen LogP contribution in [0.4, 0.5) is 10.8 Å². The highest BCUT2D eigenvalue weighted by atomic mass is 32.1. The van der Waals surface area contributed by atoms with Crippen LogP contribution in [0.25, 0.3) is 0 Å². The third kappa shape index (κ3) is 2.74. The number of nitrogens with zero attached hydrogens (tertiary/aromatic N) is 2. The second-order valence-corrected chi connectivity index (χ2v) is 3.94. The summed E-state index contributed by atoms with van der Waals surface area (Å²) in [7, 11) is 1.88. The summed E-state index contributed by atoms with van der Waals surface area (Å²) in [5, 5.41) is 9.36. The molecule has 4 nitrogen and oxygen atoms in total. The molecular weight excluding hydrogens is 208 g/mol. The topological polar surface area (TPSA) is 49.8 Å². The molecule has 2 N–H and O–H groups in total. The molecule has 0 saturated heterocycles. The highest BCUT2D eigenvalue weighted by molar-refractivity contribution is 7.14. The minimum atomic E-state index is 0.681. The van der Waals surface area contributed by atoms with Crippen LogP contribution in [0.5, 0.6) is 0 Å². The van der Waals surface area contributed by atoms with E-state index in [0.717, 1.165) is 16.6 Å². The van der Waals surface area contributed by atoms with Gasteiger partial charge in [-0.1, -0.05) is 0 Å². The van der Waals surface area contributed by atoms with Crippen LogP contribution in [0.3, 0.4) is 0 Å². The van der Waals surface area contributed by atoms with Gasteiger partial charge in [0.2, 0.25) is 0 Å². The Hall–Kier alpha value is -1.46. The molecule has 0 saturated carbocycles. The standard InChI is InChI=1S/C10H12N4S/c1-11-7-9-12-5-4-8(13-9)14-10-3-2-6-15-10/h2-6,11H,7H2,1H3,(H,12,13,14). The third-order valence-corrected chi connectivity index (χ3v) is 2.60. The summed E-state index contributed by atoms with van der Waals surface area (Å²) >= 11 is 1.65. The molecule has 0 bridgehead atoms. The average molecular weight is 220 g/mol. The Morgan fingerprint density at radius 1 is 1.40 bits per heavy atom. The molecule has 0 atom stereocenters. The lowest BCUT2D eigenvalue weighted by Crippen LogP contribution is -2.09. The van der Waals surface area contributed by atoms with Gasteiger partial charge in [0.15, 0.2) is 0 Å². The molecule has 2 heterocycles. The van der Waals surface area contributed by atoms with Gasteiger partial charge in [-0.25, -0.2) is 9.97 Å². The molecule has 5 heteroatoms. The van der Waals surface area contributed by atoms with Crippen molar-refractivity contribution in [3.63, 3.8) is 0 Å². The van der Waals surface area contributed by atoms with Crippen LogP contribution in [0, 0.1) is 0 Å². The molecule has 0 amide bonds. The third-order valence-electron chi connectivity index (χ3n) is 1.81. The Bertz CT molecular complexity index is 413. The van der Waals surface area contributed by atoms with Crippen molar-refractivity contribution in [3.8, 4) is 0 Å². The largest absolute Gasteiger partial charge is 0.332 e. The molecule has 0 aliphatic carbocycles. The van der Waals surface area contributed by atoms with E-state index in [1.807, 2.05) is 30.6 Å². The van der Waals surface area contributed by atoms with E-state index < -0.39 is 0 Å². The summed E-state index contributed by atoms with van der Waals surface area (Å²) in [6.07, 6.45) is 1.76. The lowest BCUT2D eigenvalue weighted by Gasteiger charge is -2.04. The summed E-state index contributed by atoms with van der Waals surface area (Å²) in [6, 6.07) is 5.88. The first-order valence-electron chi connectivity index (χ1n) is 4.65. The van der Waals surface area contributed by atoms with Crippen molar-refractivity contribution in [3.05, 3.63) is 35.6 Å². The number of aromatic nitrogens is 2. The minimum Gasteiger partial charge on any atom is -0.332 e. The zero-order chi connectivity index (χ0) is 10.5. The maximum atomic E-state index is 4.36. The van der Waals surface area contributed by atoms with Gasteiger partial charge in [-0.2, -0.15) is 0 Å². The van der Waals surface area contributed by atoms with Gasteiger partial charge in [0.1, 0.15) is 11.6 Å². The molecule has 2 rings (SSSR count). The maximum absolute atomic E-state index is 4.36. The van der Waals surface area contributed by atoms with Crippen molar-refractivity contribution in [2.75, 3.05) is 12.4 Å². The summed E-state index contributed by atoms with van der Waals surface area (Å²) in [5.74, 6) is 1.62. The molecule has 0 spiro atoms. The molecule has 2 aromatic heterocycles. The van der Waals surface area contributed by atoms with Gasteiger partial charge in [0.05, 0.1) is 11.5 Å². The molecule has 0 aliphatic heterocycles. The van der Waals surface area contributed by atoms with Crippen molar-refractivity contribution in [1.29, 1.82) is 0 Å². The van der Waals surface area contributed by atoms with Crippen LogP contribution >= 0.6 is 11.3 Å². The van der Waals surface area contributed by atoms with Crippen LogP contribution in [0.2, 0.25) is 0 Å². The Morgan fingerprint density at radius 2 is 2.33 bits per heavy atom. The van der Waals surface area contributed by atoms with E-state index in [1.165, 1.54) is 0 Å². The minimum absolute atomic E-state index is 0.681. The monoisotopic (exact) mass is 220 g/mol. The predicted octanol–water partition coefficient (Wildman–Crippen LogP) is 2.00. The van der Waals surface area contributed by atoms with Gasteiger partial charge in [-0.3, -0.25) is 0 Å². The lowest BCUT2D eigenvalue weighted by molar-refractivity contribution is 0.759. The van der Waals surface area contributed by atoms with Crippen LogP contribution in [0.15, 0.2) is 29.8 Å². The number of hydrogen-bond acceptors (Lipinski definition) is 5. The molecule has 0 radical (unpaired) electrons. The molecular formula is C10H12N4S. The van der Waals surface area contributed by atoms with Crippen molar-refractivity contribution in [2.45, 2.75) is 6.54 Å². The molecule has 0 unspecified atom stereocenters. The van der Waals surface area contributed by atoms with Gasteiger partial charge < -0.3 is 10.6 Å². The van der Waals surface area contributed by atoms with Gasteiger partial charge >= 0.3 is 0 Å². The number of nitrogens with one attached hydrogen (secondary N) is 2. The van der Waals surface area contributed by atoms with E-state index in [0.29, 0.717) is 6.54 Å². The van der Waals surface area contributed by atoms with Crippen LogP contribution in [-0.4, -0.2) is 17.0 Å². The fourth-order valence-corrected chi connectivity index (χ4v) is 1.81.